The molecule has 7 nitrogen and oxygen atoms in total. The molecule has 35 heavy (non-hydrogen) atoms. The van der Waals surface area contributed by atoms with Gasteiger partial charge in [-0.2, -0.15) is 0 Å². The molecule has 2 fully saturated rings. The van der Waals surface area contributed by atoms with Crippen molar-refractivity contribution in [3.05, 3.63) is 40.2 Å². The Balaban J connectivity index is 1.33. The number of hydrogen-bond acceptors (Lipinski definition) is 7. The number of carboxylic acids is 1. The minimum Gasteiger partial charge on any atom is -0.477 e. The molecule has 2 aromatic heterocycles. The Bertz CT molecular complexity index is 1030. The largest absolute Gasteiger partial charge is 0.477 e. The van der Waals surface area contributed by atoms with Crippen LogP contribution in [-0.4, -0.2) is 47.7 Å². The summed E-state index contributed by atoms with van der Waals surface area (Å²) >= 11 is 1.21. The number of hydrogen-bond donors (Lipinski definition) is 2. The minimum absolute atomic E-state index is 0.134. The van der Waals surface area contributed by atoms with E-state index in [0.29, 0.717) is 23.1 Å². The standard InChI is InChI=1S/C27H34N2O5S/c1-27(2,18-33-24-8-4-6-16-32-24)14-13-21-17-22(25(35-21)26(30)31)29-19-9-11-20(12-10-19)34-23-7-3-5-15-28-23/h3,5,7,15,17,19-20,24,29H,4,6,8-12,16,18H2,1-2H3,(H,30,31)/t19-,20-,24?. The van der Waals surface area contributed by atoms with E-state index in [1.165, 1.54) is 11.3 Å². The van der Waals surface area contributed by atoms with Crippen LogP contribution in [0.5, 0.6) is 5.88 Å². The molecular weight excluding hydrogens is 464 g/mol. The van der Waals surface area contributed by atoms with Crippen molar-refractivity contribution in [1.29, 1.82) is 0 Å². The summed E-state index contributed by atoms with van der Waals surface area (Å²) in [5, 5.41) is 13.2. The number of nitrogens with zero attached hydrogens (tertiary/aromatic N) is 1. The SMILES string of the molecule is CC(C)(C#Cc1cc(N[C@H]2CC[C@H](Oc3ccccn3)CC2)c(C(=O)O)s1)COC1CCCCO1. The van der Waals surface area contributed by atoms with E-state index in [1.807, 2.05) is 38.1 Å². The minimum atomic E-state index is -0.935. The number of anilines is 1. The molecule has 2 aromatic rings. The van der Waals surface area contributed by atoms with E-state index in [2.05, 4.69) is 22.1 Å². The van der Waals surface area contributed by atoms with Gasteiger partial charge < -0.3 is 24.6 Å². The lowest BCUT2D eigenvalue weighted by Crippen LogP contribution is -2.31. The molecule has 1 unspecified atom stereocenters. The smallest absolute Gasteiger partial charge is 0.348 e. The fourth-order valence-electron chi connectivity index (χ4n) is 4.26. The van der Waals surface area contributed by atoms with Gasteiger partial charge >= 0.3 is 5.97 Å². The summed E-state index contributed by atoms with van der Waals surface area (Å²) in [7, 11) is 0. The van der Waals surface area contributed by atoms with Gasteiger partial charge in [-0.05, 0) is 70.9 Å². The van der Waals surface area contributed by atoms with Crippen LogP contribution in [0.4, 0.5) is 5.69 Å². The third-order valence-corrected chi connectivity index (χ3v) is 7.22. The van der Waals surface area contributed by atoms with Gasteiger partial charge in [0.05, 0.1) is 17.2 Å². The predicted molar refractivity (Wildman–Crippen MR) is 136 cm³/mol. The quantitative estimate of drug-likeness (QED) is 0.460. The molecule has 8 heteroatoms. The molecule has 1 aliphatic carbocycles. The van der Waals surface area contributed by atoms with Gasteiger partial charge in [0.15, 0.2) is 6.29 Å². The summed E-state index contributed by atoms with van der Waals surface area (Å²) in [4.78, 5) is 17.1. The van der Waals surface area contributed by atoms with Gasteiger partial charge in [-0.25, -0.2) is 9.78 Å². The highest BCUT2D eigenvalue weighted by Gasteiger charge is 2.25. The van der Waals surface area contributed by atoms with E-state index in [1.54, 1.807) is 6.20 Å². The maximum Gasteiger partial charge on any atom is 0.348 e. The van der Waals surface area contributed by atoms with Crippen molar-refractivity contribution in [3.8, 4) is 17.7 Å². The van der Waals surface area contributed by atoms with Crippen LogP contribution in [0.15, 0.2) is 30.5 Å². The van der Waals surface area contributed by atoms with Gasteiger partial charge in [0.25, 0.3) is 0 Å². The molecular formula is C27H34N2O5S. The summed E-state index contributed by atoms with van der Waals surface area (Å²) in [5.74, 6) is 6.16. The lowest BCUT2D eigenvalue weighted by molar-refractivity contribution is -0.171. The Kier molecular flexibility index (Phi) is 8.66. The molecule has 1 saturated heterocycles. The highest BCUT2D eigenvalue weighted by atomic mass is 32.1. The van der Waals surface area contributed by atoms with Gasteiger partial charge in [0.1, 0.15) is 11.0 Å². The average Bonchev–Trinajstić information content (AvgIpc) is 3.27. The Morgan fingerprint density at radius 1 is 1.26 bits per heavy atom. The predicted octanol–water partition coefficient (Wildman–Crippen LogP) is 5.56. The molecule has 0 amide bonds. The summed E-state index contributed by atoms with van der Waals surface area (Å²) in [6, 6.07) is 7.72. The summed E-state index contributed by atoms with van der Waals surface area (Å²) in [6.07, 6.45) is 8.44. The molecule has 0 spiro atoms. The highest BCUT2D eigenvalue weighted by molar-refractivity contribution is 7.15. The molecule has 2 N–H and O–H groups in total. The molecule has 1 atom stereocenters. The zero-order chi connectivity index (χ0) is 24.7. The van der Waals surface area contributed by atoms with Crippen LogP contribution in [0.1, 0.15) is 73.3 Å². The number of rotatable bonds is 8. The fraction of sp³-hybridized carbons (Fsp3) is 0.556. The van der Waals surface area contributed by atoms with Gasteiger partial charge in [0, 0.05) is 30.3 Å². The molecule has 1 aliphatic heterocycles. The van der Waals surface area contributed by atoms with Crippen LogP contribution in [0, 0.1) is 17.3 Å². The van der Waals surface area contributed by atoms with Crippen molar-refractivity contribution in [2.24, 2.45) is 5.41 Å². The number of carbonyl (C=O) groups is 1. The van der Waals surface area contributed by atoms with E-state index >= 15 is 0 Å². The second-order valence-electron chi connectivity index (χ2n) is 9.80. The number of thiophene rings is 1. The van der Waals surface area contributed by atoms with Crippen molar-refractivity contribution >= 4 is 23.0 Å². The van der Waals surface area contributed by atoms with Gasteiger partial charge in [0.2, 0.25) is 5.88 Å². The molecule has 0 bridgehead atoms. The molecule has 0 radical (unpaired) electrons. The second-order valence-corrected chi connectivity index (χ2v) is 10.9. The molecule has 4 rings (SSSR count). The van der Waals surface area contributed by atoms with Gasteiger partial charge in [-0.3, -0.25) is 0 Å². The Morgan fingerprint density at radius 2 is 2.09 bits per heavy atom. The zero-order valence-electron chi connectivity index (χ0n) is 20.4. The van der Waals surface area contributed by atoms with Crippen molar-refractivity contribution in [2.75, 3.05) is 18.5 Å². The molecule has 2 aliphatic rings. The average molecular weight is 499 g/mol. The van der Waals surface area contributed by atoms with Crippen molar-refractivity contribution in [3.63, 3.8) is 0 Å². The van der Waals surface area contributed by atoms with Crippen molar-refractivity contribution in [1.82, 2.24) is 4.98 Å². The molecule has 3 heterocycles. The number of nitrogens with one attached hydrogen (secondary N) is 1. The van der Waals surface area contributed by atoms with E-state index in [-0.39, 0.29) is 23.9 Å². The summed E-state index contributed by atoms with van der Waals surface area (Å²) in [5.41, 5.74) is 0.277. The normalized spacial score (nSPS) is 22.6. The number of pyridine rings is 1. The van der Waals surface area contributed by atoms with E-state index in [9.17, 15) is 9.90 Å². The maximum atomic E-state index is 11.9. The van der Waals surface area contributed by atoms with E-state index in [4.69, 9.17) is 14.2 Å². The van der Waals surface area contributed by atoms with Crippen LogP contribution < -0.4 is 10.1 Å². The molecule has 1 saturated carbocycles. The first-order chi connectivity index (χ1) is 16.9. The first-order valence-corrected chi connectivity index (χ1v) is 13.2. The molecule has 0 aromatic carbocycles. The van der Waals surface area contributed by atoms with Crippen molar-refractivity contribution in [2.45, 2.75) is 77.2 Å². The first-order valence-electron chi connectivity index (χ1n) is 12.4. The van der Waals surface area contributed by atoms with Crippen LogP contribution in [-0.2, 0) is 9.47 Å². The number of aromatic nitrogens is 1. The Labute approximate surface area is 211 Å². The fourth-order valence-corrected chi connectivity index (χ4v) is 5.08. The monoisotopic (exact) mass is 498 g/mol. The lowest BCUT2D eigenvalue weighted by atomic mass is 9.92. The maximum absolute atomic E-state index is 11.9. The van der Waals surface area contributed by atoms with Crippen LogP contribution >= 0.6 is 11.3 Å². The highest BCUT2D eigenvalue weighted by Crippen LogP contribution is 2.31. The number of aromatic carboxylic acids is 1. The van der Waals surface area contributed by atoms with Crippen LogP contribution in [0.3, 0.4) is 0 Å². The van der Waals surface area contributed by atoms with Crippen LogP contribution in [0.2, 0.25) is 0 Å². The van der Waals surface area contributed by atoms with Crippen molar-refractivity contribution < 1.29 is 24.1 Å². The second kappa shape index (κ2) is 11.9. The Morgan fingerprint density at radius 3 is 2.77 bits per heavy atom. The summed E-state index contributed by atoms with van der Waals surface area (Å²) < 4.78 is 17.5. The van der Waals surface area contributed by atoms with E-state index < -0.39 is 5.97 Å². The first kappa shape index (κ1) is 25.5. The summed E-state index contributed by atoms with van der Waals surface area (Å²) in [6.45, 7) is 5.27. The number of carboxylic acid groups (broad SMARTS) is 1. The van der Waals surface area contributed by atoms with E-state index in [0.717, 1.165) is 56.4 Å². The third-order valence-electron chi connectivity index (χ3n) is 6.18. The topological polar surface area (TPSA) is 89.9 Å². The van der Waals surface area contributed by atoms with Crippen LogP contribution in [0.25, 0.3) is 0 Å². The lowest BCUT2D eigenvalue weighted by Gasteiger charge is -2.29. The third kappa shape index (κ3) is 7.69. The Hall–Kier alpha value is -2.60. The zero-order valence-corrected chi connectivity index (χ0v) is 21.2. The van der Waals surface area contributed by atoms with Gasteiger partial charge in [-0.1, -0.05) is 17.9 Å². The number of ether oxygens (including phenoxy) is 3. The van der Waals surface area contributed by atoms with Gasteiger partial charge in [-0.15, -0.1) is 11.3 Å². The molecule has 188 valence electrons.